The van der Waals surface area contributed by atoms with E-state index >= 15 is 0 Å². The zero-order valence-corrected chi connectivity index (χ0v) is 23.8. The predicted octanol–water partition coefficient (Wildman–Crippen LogP) is 2.72. The molecule has 0 saturated carbocycles. The third-order valence-corrected chi connectivity index (χ3v) is 8.07. The number of ether oxygens (including phenoxy) is 1. The summed E-state index contributed by atoms with van der Waals surface area (Å²) >= 11 is 0.874. The molecule has 1 aromatic carbocycles. The summed E-state index contributed by atoms with van der Waals surface area (Å²) in [4.78, 5) is 27.8. The minimum atomic E-state index is -4.63. The van der Waals surface area contributed by atoms with Crippen molar-refractivity contribution in [1.29, 1.82) is 5.26 Å². The monoisotopic (exact) mass is 590 g/mol. The summed E-state index contributed by atoms with van der Waals surface area (Å²) in [5, 5.41) is 15.5. The van der Waals surface area contributed by atoms with Gasteiger partial charge in [-0.15, -0.1) is 11.3 Å². The highest BCUT2D eigenvalue weighted by Gasteiger charge is 2.29. The number of piperidine rings is 1. The Morgan fingerprint density at radius 3 is 2.66 bits per heavy atom. The summed E-state index contributed by atoms with van der Waals surface area (Å²) in [6, 6.07) is 7.60. The van der Waals surface area contributed by atoms with Crippen molar-refractivity contribution in [3.63, 3.8) is 0 Å². The van der Waals surface area contributed by atoms with Crippen molar-refractivity contribution < 1.29 is 22.7 Å². The number of carbonyl (C=O) groups is 1. The summed E-state index contributed by atoms with van der Waals surface area (Å²) < 4.78 is 46.6. The molecule has 41 heavy (non-hydrogen) atoms. The number of fused-ring (bicyclic) bond motifs is 1. The van der Waals surface area contributed by atoms with E-state index in [1.54, 1.807) is 25.4 Å². The van der Waals surface area contributed by atoms with E-state index in [4.69, 9.17) is 4.74 Å². The van der Waals surface area contributed by atoms with Gasteiger partial charge in [-0.1, -0.05) is 6.42 Å². The van der Waals surface area contributed by atoms with Crippen LogP contribution < -0.4 is 25.4 Å². The van der Waals surface area contributed by atoms with E-state index in [1.807, 2.05) is 18.2 Å². The fraction of sp³-hybridized carbons (Fsp3) is 0.464. The molecule has 0 bridgehead atoms. The lowest BCUT2D eigenvalue weighted by Crippen LogP contribution is -2.37. The lowest BCUT2D eigenvalue weighted by Gasteiger charge is -2.26. The van der Waals surface area contributed by atoms with Crippen LogP contribution in [0.4, 0.5) is 18.9 Å². The van der Waals surface area contributed by atoms with Crippen LogP contribution in [-0.2, 0) is 29.2 Å². The number of nitrogens with one attached hydrogen (secondary N) is 2. The number of alkyl halides is 3. The van der Waals surface area contributed by atoms with Gasteiger partial charge in [0, 0.05) is 55.7 Å². The molecule has 1 aliphatic heterocycles. The van der Waals surface area contributed by atoms with E-state index < -0.39 is 29.8 Å². The summed E-state index contributed by atoms with van der Waals surface area (Å²) in [6.07, 6.45) is 2.68. The number of hydrogen-bond donors (Lipinski definition) is 2. The largest absolute Gasteiger partial charge is 0.405 e. The number of nitriles is 1. The Morgan fingerprint density at radius 1 is 1.24 bits per heavy atom. The van der Waals surface area contributed by atoms with Crippen molar-refractivity contribution in [2.24, 2.45) is 0 Å². The molecular weight excluding hydrogens is 557 g/mol. The SMILES string of the molecule is CCn1c(=O)/c(=C/Nc2ccc3c(c2)c(CN2CCCCC2)cn3CCOC)s/c1=C(\C#N)C(=O)NCC(F)(F)F. The summed E-state index contributed by atoms with van der Waals surface area (Å²) in [6.45, 7) is 4.49. The number of nitrogens with zero attached hydrogens (tertiary/aromatic N) is 4. The number of thiazole rings is 1. The molecule has 13 heteroatoms. The molecule has 2 aromatic heterocycles. The molecule has 0 spiro atoms. The molecule has 1 fully saturated rings. The maximum atomic E-state index is 13.0. The number of aromatic nitrogens is 2. The van der Waals surface area contributed by atoms with Crippen molar-refractivity contribution in [1.82, 2.24) is 19.4 Å². The van der Waals surface area contributed by atoms with Gasteiger partial charge in [-0.25, -0.2) is 0 Å². The molecule has 0 unspecified atom stereocenters. The highest BCUT2D eigenvalue weighted by molar-refractivity contribution is 7.07. The Bertz CT molecular complexity index is 1610. The van der Waals surface area contributed by atoms with Gasteiger partial charge < -0.3 is 19.9 Å². The first kappa shape index (κ1) is 30.4. The van der Waals surface area contributed by atoms with Crippen molar-refractivity contribution in [3.8, 4) is 6.07 Å². The van der Waals surface area contributed by atoms with Gasteiger partial charge in [0.2, 0.25) is 0 Å². The van der Waals surface area contributed by atoms with Gasteiger partial charge in [0.05, 0.1) is 6.61 Å². The molecule has 0 radical (unpaired) electrons. The molecule has 0 atom stereocenters. The molecule has 1 amide bonds. The standard InChI is InChI=1S/C28H33F3N6O3S/c1-3-37-26(39)24(41-27(37)22(14-32)25(38)34-18-28(29,30)31)15-33-20-7-8-23-21(13-20)19(17-36(23)11-12-40-2)16-35-9-5-4-6-10-35/h7-8,13,15,17,33H,3-6,9-12,16,18H2,1-2H3,(H,34,38)/b24-15-,27-22+. The zero-order chi connectivity index (χ0) is 29.6. The number of benzene rings is 1. The topological polar surface area (TPSA) is 104 Å². The van der Waals surface area contributed by atoms with E-state index in [1.165, 1.54) is 35.6 Å². The number of hydrogen-bond acceptors (Lipinski definition) is 7. The average Bonchev–Trinajstić information content (AvgIpc) is 3.46. The van der Waals surface area contributed by atoms with Crippen molar-refractivity contribution in [2.75, 3.05) is 38.7 Å². The Morgan fingerprint density at radius 2 is 2.00 bits per heavy atom. The molecule has 1 saturated heterocycles. The van der Waals surface area contributed by atoms with E-state index in [-0.39, 0.29) is 15.7 Å². The number of carbonyl (C=O) groups excluding carboxylic acids is 1. The Kier molecular flexibility index (Phi) is 9.90. The summed E-state index contributed by atoms with van der Waals surface area (Å²) in [5.41, 5.74) is 2.02. The first-order valence-electron chi connectivity index (χ1n) is 13.4. The highest BCUT2D eigenvalue weighted by atomic mass is 32.1. The summed E-state index contributed by atoms with van der Waals surface area (Å²) in [7, 11) is 1.67. The molecule has 0 aliphatic carbocycles. The van der Waals surface area contributed by atoms with Gasteiger partial charge in [-0.3, -0.25) is 19.1 Å². The second-order valence-corrected chi connectivity index (χ2v) is 10.8. The maximum absolute atomic E-state index is 13.0. The van der Waals surface area contributed by atoms with Gasteiger partial charge in [0.15, 0.2) is 5.57 Å². The van der Waals surface area contributed by atoms with Crippen LogP contribution >= 0.6 is 11.3 Å². The summed E-state index contributed by atoms with van der Waals surface area (Å²) in [5.74, 6) is -1.18. The molecule has 9 nitrogen and oxygen atoms in total. The van der Waals surface area contributed by atoms with Gasteiger partial charge >= 0.3 is 6.18 Å². The van der Waals surface area contributed by atoms with E-state index in [0.717, 1.165) is 47.6 Å². The fourth-order valence-corrected chi connectivity index (χ4v) is 6.01. The minimum absolute atomic E-state index is 0.00205. The first-order valence-corrected chi connectivity index (χ1v) is 14.3. The number of halogens is 3. The van der Waals surface area contributed by atoms with E-state index in [9.17, 15) is 28.0 Å². The number of amides is 1. The van der Waals surface area contributed by atoms with Crippen molar-refractivity contribution in [2.45, 2.75) is 52.0 Å². The van der Waals surface area contributed by atoms with Crippen LogP contribution in [0.1, 0.15) is 31.7 Å². The second kappa shape index (κ2) is 13.4. The Hall–Kier alpha value is -3.60. The van der Waals surface area contributed by atoms with Crippen LogP contribution in [0, 0.1) is 11.3 Å². The normalized spacial score (nSPS) is 15.7. The van der Waals surface area contributed by atoms with Crippen molar-refractivity contribution >= 4 is 45.6 Å². The molecule has 2 N–H and O–H groups in total. The average molecular weight is 591 g/mol. The number of likely N-dealkylation sites (tertiary alicyclic amines) is 1. The molecule has 3 heterocycles. The highest BCUT2D eigenvalue weighted by Crippen LogP contribution is 2.27. The molecule has 1 aliphatic rings. The maximum Gasteiger partial charge on any atom is 0.405 e. The third-order valence-electron chi connectivity index (χ3n) is 6.94. The second-order valence-electron chi connectivity index (χ2n) is 9.80. The van der Waals surface area contributed by atoms with Gasteiger partial charge in [-0.2, -0.15) is 18.4 Å². The fourth-order valence-electron chi connectivity index (χ4n) is 4.93. The third kappa shape index (κ3) is 7.38. The lowest BCUT2D eigenvalue weighted by molar-refractivity contribution is -0.135. The minimum Gasteiger partial charge on any atom is -0.383 e. The van der Waals surface area contributed by atoms with Gasteiger partial charge in [0.1, 0.15) is 21.8 Å². The Balaban J connectivity index is 1.68. The lowest BCUT2D eigenvalue weighted by atomic mass is 10.1. The van der Waals surface area contributed by atoms with Gasteiger partial charge in [-0.05, 0) is 56.6 Å². The molecular formula is C28H33F3N6O3S. The zero-order valence-electron chi connectivity index (χ0n) is 23.0. The van der Waals surface area contributed by atoms with Crippen LogP contribution in [0.25, 0.3) is 22.7 Å². The van der Waals surface area contributed by atoms with Crippen molar-refractivity contribution in [3.05, 3.63) is 49.5 Å². The van der Waals surface area contributed by atoms with Gasteiger partial charge in [0.25, 0.3) is 11.5 Å². The van der Waals surface area contributed by atoms with Crippen LogP contribution in [0.3, 0.4) is 0 Å². The Labute approximate surface area is 239 Å². The predicted molar refractivity (Wildman–Crippen MR) is 153 cm³/mol. The quantitative estimate of drug-likeness (QED) is 0.377. The number of anilines is 1. The smallest absolute Gasteiger partial charge is 0.383 e. The van der Waals surface area contributed by atoms with Crippen LogP contribution in [0.2, 0.25) is 0 Å². The van der Waals surface area contributed by atoms with Crippen LogP contribution in [-0.4, -0.2) is 59.5 Å². The molecule has 220 valence electrons. The van der Waals surface area contributed by atoms with Crippen LogP contribution in [0.5, 0.6) is 0 Å². The number of methoxy groups -OCH3 is 1. The number of rotatable bonds is 10. The molecule has 4 rings (SSSR count). The van der Waals surface area contributed by atoms with Crippen LogP contribution in [0.15, 0.2) is 29.2 Å². The van der Waals surface area contributed by atoms with E-state index in [0.29, 0.717) is 13.2 Å². The van der Waals surface area contributed by atoms with E-state index in [2.05, 4.69) is 21.0 Å². The molecule has 3 aromatic rings. The first-order chi connectivity index (χ1) is 19.6.